The third kappa shape index (κ3) is 6.40. The van der Waals surface area contributed by atoms with Gasteiger partial charge < -0.3 is 16.2 Å². The molecule has 2 unspecified atom stereocenters. The zero-order valence-corrected chi connectivity index (χ0v) is 10.0. The summed E-state index contributed by atoms with van der Waals surface area (Å²) in [6, 6.07) is -0.334. The van der Waals surface area contributed by atoms with Gasteiger partial charge in [0.15, 0.2) is 0 Å². The van der Waals surface area contributed by atoms with Crippen LogP contribution in [0.15, 0.2) is 0 Å². The molecule has 0 bridgehead atoms. The smallest absolute Gasteiger partial charge is 0.308 e. The maximum absolute atomic E-state index is 11.4. The van der Waals surface area contributed by atoms with Crippen molar-refractivity contribution in [1.29, 1.82) is 0 Å². The molecule has 0 fully saturated rings. The lowest BCUT2D eigenvalue weighted by Crippen LogP contribution is -2.39. The van der Waals surface area contributed by atoms with Crippen LogP contribution in [0.5, 0.6) is 0 Å². The largest absolute Gasteiger partial charge is 0.481 e. The zero-order valence-electron chi connectivity index (χ0n) is 10.0. The highest BCUT2D eigenvalue weighted by molar-refractivity contribution is 5.77. The molecule has 94 valence electrons. The Morgan fingerprint density at radius 2 is 1.88 bits per heavy atom. The van der Waals surface area contributed by atoms with Crippen LogP contribution < -0.4 is 11.1 Å². The molecular formula is C11H22N2O3. The number of aliphatic carboxylic acids is 1. The number of nitrogens with two attached hydrogens (primary N) is 1. The number of amides is 1. The highest BCUT2D eigenvalue weighted by Gasteiger charge is 2.20. The Labute approximate surface area is 96.4 Å². The van der Waals surface area contributed by atoms with E-state index >= 15 is 0 Å². The lowest BCUT2D eigenvalue weighted by Gasteiger charge is -2.17. The van der Waals surface area contributed by atoms with Gasteiger partial charge in [0.1, 0.15) is 0 Å². The van der Waals surface area contributed by atoms with Crippen molar-refractivity contribution in [2.24, 2.45) is 11.7 Å². The summed E-state index contributed by atoms with van der Waals surface area (Å²) < 4.78 is 0. The topological polar surface area (TPSA) is 92.4 Å². The maximum atomic E-state index is 11.4. The average molecular weight is 230 g/mol. The molecule has 0 aromatic rings. The molecule has 0 aliphatic heterocycles. The van der Waals surface area contributed by atoms with E-state index in [4.69, 9.17) is 10.8 Å². The molecular weight excluding hydrogens is 208 g/mol. The van der Waals surface area contributed by atoms with E-state index in [9.17, 15) is 9.59 Å². The SMILES string of the molecule is CC(NC(=O)CCCCCN)C(C)C(=O)O. The van der Waals surface area contributed by atoms with Crippen LogP contribution in [0.2, 0.25) is 0 Å². The number of rotatable bonds is 8. The molecule has 4 N–H and O–H groups in total. The van der Waals surface area contributed by atoms with E-state index in [0.29, 0.717) is 13.0 Å². The maximum Gasteiger partial charge on any atom is 0.308 e. The number of hydrogen-bond donors (Lipinski definition) is 3. The van der Waals surface area contributed by atoms with Crippen LogP contribution in [0, 0.1) is 5.92 Å². The highest BCUT2D eigenvalue weighted by atomic mass is 16.4. The molecule has 0 heterocycles. The van der Waals surface area contributed by atoms with Crippen molar-refractivity contribution in [3.8, 4) is 0 Å². The minimum Gasteiger partial charge on any atom is -0.481 e. The number of unbranched alkanes of at least 4 members (excludes halogenated alkanes) is 2. The number of carbonyl (C=O) groups is 2. The van der Waals surface area contributed by atoms with Crippen molar-refractivity contribution >= 4 is 11.9 Å². The van der Waals surface area contributed by atoms with E-state index in [2.05, 4.69) is 5.32 Å². The van der Waals surface area contributed by atoms with E-state index in [1.165, 1.54) is 0 Å². The number of carboxylic acids is 1. The highest BCUT2D eigenvalue weighted by Crippen LogP contribution is 2.04. The fourth-order valence-corrected chi connectivity index (χ4v) is 1.27. The predicted molar refractivity (Wildman–Crippen MR) is 61.9 cm³/mol. The molecule has 1 amide bonds. The first-order valence-electron chi connectivity index (χ1n) is 5.71. The van der Waals surface area contributed by atoms with Gasteiger partial charge in [-0.3, -0.25) is 9.59 Å². The summed E-state index contributed by atoms with van der Waals surface area (Å²) >= 11 is 0. The molecule has 0 saturated heterocycles. The van der Waals surface area contributed by atoms with Gasteiger partial charge in [-0.05, 0) is 33.2 Å². The van der Waals surface area contributed by atoms with Crippen LogP contribution in [-0.4, -0.2) is 29.6 Å². The van der Waals surface area contributed by atoms with E-state index < -0.39 is 11.9 Å². The lowest BCUT2D eigenvalue weighted by molar-refractivity contribution is -0.142. The van der Waals surface area contributed by atoms with Crippen LogP contribution >= 0.6 is 0 Å². The average Bonchev–Trinajstić information content (AvgIpc) is 2.23. The predicted octanol–water partition coefficient (Wildman–Crippen LogP) is 0.731. The number of nitrogens with one attached hydrogen (secondary N) is 1. The molecule has 0 aliphatic carbocycles. The normalized spacial score (nSPS) is 14.2. The van der Waals surface area contributed by atoms with Gasteiger partial charge in [0.2, 0.25) is 5.91 Å². The van der Waals surface area contributed by atoms with Gasteiger partial charge in [0, 0.05) is 12.5 Å². The van der Waals surface area contributed by atoms with Crippen LogP contribution in [0.3, 0.4) is 0 Å². The summed E-state index contributed by atoms with van der Waals surface area (Å²) in [5.41, 5.74) is 5.33. The first kappa shape index (κ1) is 14.9. The van der Waals surface area contributed by atoms with Gasteiger partial charge >= 0.3 is 5.97 Å². The number of hydrogen-bond acceptors (Lipinski definition) is 3. The van der Waals surface area contributed by atoms with E-state index in [-0.39, 0.29) is 11.9 Å². The summed E-state index contributed by atoms with van der Waals surface area (Å²) in [6.45, 7) is 3.94. The Morgan fingerprint density at radius 1 is 1.25 bits per heavy atom. The first-order chi connectivity index (χ1) is 7.49. The minimum atomic E-state index is -0.893. The van der Waals surface area contributed by atoms with Crippen LogP contribution in [0.25, 0.3) is 0 Å². The Bertz CT molecular complexity index is 231. The van der Waals surface area contributed by atoms with Gasteiger partial charge in [-0.25, -0.2) is 0 Å². The summed E-state index contributed by atoms with van der Waals surface area (Å²) in [5.74, 6) is -1.54. The van der Waals surface area contributed by atoms with Crippen molar-refractivity contribution in [1.82, 2.24) is 5.32 Å². The first-order valence-corrected chi connectivity index (χ1v) is 5.71. The fraction of sp³-hybridized carbons (Fsp3) is 0.818. The Hall–Kier alpha value is -1.10. The zero-order chi connectivity index (χ0) is 12.6. The van der Waals surface area contributed by atoms with Crippen molar-refractivity contribution in [2.45, 2.75) is 45.6 Å². The third-order valence-corrected chi connectivity index (χ3v) is 2.64. The van der Waals surface area contributed by atoms with E-state index in [0.717, 1.165) is 19.3 Å². The quantitative estimate of drug-likeness (QED) is 0.536. The molecule has 0 saturated carbocycles. The van der Waals surface area contributed by atoms with Gasteiger partial charge in [-0.2, -0.15) is 0 Å². The van der Waals surface area contributed by atoms with E-state index in [1.54, 1.807) is 13.8 Å². The van der Waals surface area contributed by atoms with Crippen molar-refractivity contribution in [3.05, 3.63) is 0 Å². The third-order valence-electron chi connectivity index (χ3n) is 2.64. The molecule has 0 aromatic heterocycles. The number of carbonyl (C=O) groups excluding carboxylic acids is 1. The van der Waals surface area contributed by atoms with Crippen LogP contribution in [0.1, 0.15) is 39.5 Å². The molecule has 0 rings (SSSR count). The van der Waals surface area contributed by atoms with Crippen molar-refractivity contribution in [2.75, 3.05) is 6.54 Å². The fourth-order valence-electron chi connectivity index (χ4n) is 1.27. The van der Waals surface area contributed by atoms with Gasteiger partial charge in [-0.15, -0.1) is 0 Å². The van der Waals surface area contributed by atoms with Crippen molar-refractivity contribution in [3.63, 3.8) is 0 Å². The second kappa shape index (κ2) is 8.10. The van der Waals surface area contributed by atoms with Crippen molar-refractivity contribution < 1.29 is 14.7 Å². The molecule has 0 aliphatic rings. The minimum absolute atomic E-state index is 0.0855. The second-order valence-electron chi connectivity index (χ2n) is 4.08. The molecule has 16 heavy (non-hydrogen) atoms. The summed E-state index contributed by atoms with van der Waals surface area (Å²) in [7, 11) is 0. The summed E-state index contributed by atoms with van der Waals surface area (Å²) in [4.78, 5) is 22.1. The molecule has 5 nitrogen and oxygen atoms in total. The molecule has 0 radical (unpaired) electrons. The second-order valence-corrected chi connectivity index (χ2v) is 4.08. The number of carboxylic acid groups (broad SMARTS) is 1. The molecule has 0 aromatic carbocycles. The van der Waals surface area contributed by atoms with Gasteiger partial charge in [-0.1, -0.05) is 6.42 Å². The Balaban J connectivity index is 3.74. The molecule has 5 heteroatoms. The van der Waals surface area contributed by atoms with E-state index in [1.807, 2.05) is 0 Å². The van der Waals surface area contributed by atoms with Gasteiger partial charge in [0.25, 0.3) is 0 Å². The molecule has 0 spiro atoms. The van der Waals surface area contributed by atoms with Crippen LogP contribution in [-0.2, 0) is 9.59 Å². The van der Waals surface area contributed by atoms with Crippen LogP contribution in [0.4, 0.5) is 0 Å². The Kier molecular flexibility index (Phi) is 7.54. The van der Waals surface area contributed by atoms with Gasteiger partial charge in [0.05, 0.1) is 5.92 Å². The summed E-state index contributed by atoms with van der Waals surface area (Å²) in [6.07, 6.45) is 3.11. The standard InChI is InChI=1S/C11H22N2O3/c1-8(11(15)16)9(2)13-10(14)6-4-3-5-7-12/h8-9H,3-7,12H2,1-2H3,(H,13,14)(H,15,16). The lowest BCUT2D eigenvalue weighted by atomic mass is 10.0. The molecule has 2 atom stereocenters. The monoisotopic (exact) mass is 230 g/mol. The Morgan fingerprint density at radius 3 is 2.38 bits per heavy atom. The summed E-state index contributed by atoms with van der Waals surface area (Å²) in [5, 5.41) is 11.4.